The Morgan fingerprint density at radius 3 is 2.71 bits per heavy atom. The largest absolute Gasteiger partial charge is 0.508 e. The van der Waals surface area contributed by atoms with Gasteiger partial charge in [0.2, 0.25) is 0 Å². The fraction of sp³-hybridized carbons (Fsp3) is 0.130. The van der Waals surface area contributed by atoms with E-state index in [2.05, 4.69) is 15.0 Å². The summed E-state index contributed by atoms with van der Waals surface area (Å²) in [5, 5.41) is 18.9. The van der Waals surface area contributed by atoms with Crippen LogP contribution in [-0.4, -0.2) is 50.0 Å². The molecule has 0 bridgehead atoms. The number of amides is 1. The van der Waals surface area contributed by atoms with Crippen molar-refractivity contribution in [2.24, 2.45) is 4.99 Å². The molecule has 0 atom stereocenters. The van der Waals surface area contributed by atoms with Crippen molar-refractivity contribution >= 4 is 11.6 Å². The highest BCUT2D eigenvalue weighted by Crippen LogP contribution is 2.26. The Labute approximate surface area is 177 Å². The standard InChI is InChI=1S/C23H20N4O4/c1-14-9-16(5-6-21(14)29)20-11-19(25-23(31)26-20)15-3-2-4-17(10-15)22(30)27-8-7-18(12-28)24-13-27/h2-11,28-29H,12-13H2,1H3,(H,25,26,31). The van der Waals surface area contributed by atoms with E-state index in [1.807, 2.05) is 0 Å². The van der Waals surface area contributed by atoms with Crippen molar-refractivity contribution in [2.75, 3.05) is 13.3 Å². The van der Waals surface area contributed by atoms with E-state index in [1.54, 1.807) is 67.7 Å². The molecular weight excluding hydrogens is 396 g/mol. The van der Waals surface area contributed by atoms with E-state index >= 15 is 0 Å². The molecule has 0 radical (unpaired) electrons. The number of phenolic OH excluding ortho intramolecular Hbond substituents is 1. The van der Waals surface area contributed by atoms with Crippen LogP contribution in [0.15, 0.2) is 70.6 Å². The zero-order valence-corrected chi connectivity index (χ0v) is 16.7. The molecule has 1 aliphatic heterocycles. The maximum absolute atomic E-state index is 12.8. The minimum atomic E-state index is -0.514. The molecular formula is C23H20N4O4. The van der Waals surface area contributed by atoms with Crippen LogP contribution in [0.3, 0.4) is 0 Å². The summed E-state index contributed by atoms with van der Waals surface area (Å²) in [6.07, 6.45) is 3.18. The van der Waals surface area contributed by atoms with E-state index in [-0.39, 0.29) is 24.9 Å². The first-order valence-corrected chi connectivity index (χ1v) is 9.60. The molecule has 1 amide bonds. The number of nitrogens with one attached hydrogen (secondary N) is 1. The van der Waals surface area contributed by atoms with Gasteiger partial charge in [-0.3, -0.25) is 14.7 Å². The Balaban J connectivity index is 1.66. The van der Waals surface area contributed by atoms with E-state index in [0.29, 0.717) is 33.8 Å². The number of hydrogen-bond donors (Lipinski definition) is 3. The van der Waals surface area contributed by atoms with Gasteiger partial charge in [-0.1, -0.05) is 12.1 Å². The molecule has 1 aromatic heterocycles. The van der Waals surface area contributed by atoms with E-state index < -0.39 is 5.69 Å². The average molecular weight is 416 g/mol. The number of hydrogen-bond acceptors (Lipinski definition) is 6. The highest BCUT2D eigenvalue weighted by atomic mass is 16.3. The van der Waals surface area contributed by atoms with Crippen LogP contribution in [0.1, 0.15) is 15.9 Å². The van der Waals surface area contributed by atoms with Gasteiger partial charge >= 0.3 is 5.69 Å². The number of aliphatic imine (C=N–C) groups is 1. The summed E-state index contributed by atoms with van der Waals surface area (Å²) < 4.78 is 0. The Morgan fingerprint density at radius 1 is 1.16 bits per heavy atom. The van der Waals surface area contributed by atoms with Crippen LogP contribution in [0.5, 0.6) is 5.75 Å². The van der Waals surface area contributed by atoms with Gasteiger partial charge in [-0.25, -0.2) is 4.79 Å². The molecule has 8 nitrogen and oxygen atoms in total. The predicted molar refractivity (Wildman–Crippen MR) is 117 cm³/mol. The van der Waals surface area contributed by atoms with Crippen molar-refractivity contribution in [3.8, 4) is 28.3 Å². The maximum Gasteiger partial charge on any atom is 0.345 e. The first-order valence-electron chi connectivity index (χ1n) is 9.60. The number of nitrogens with zero attached hydrogens (tertiary/aromatic N) is 3. The molecule has 0 saturated carbocycles. The van der Waals surface area contributed by atoms with Crippen molar-refractivity contribution in [1.82, 2.24) is 14.9 Å². The predicted octanol–water partition coefficient (Wildman–Crippen LogP) is 2.48. The topological polar surface area (TPSA) is 119 Å². The van der Waals surface area contributed by atoms with E-state index in [4.69, 9.17) is 5.11 Å². The van der Waals surface area contributed by atoms with Gasteiger partial charge in [0.15, 0.2) is 0 Å². The van der Waals surface area contributed by atoms with E-state index in [9.17, 15) is 14.7 Å². The minimum Gasteiger partial charge on any atom is -0.508 e. The van der Waals surface area contributed by atoms with Crippen molar-refractivity contribution in [3.63, 3.8) is 0 Å². The summed E-state index contributed by atoms with van der Waals surface area (Å²) in [6, 6.07) is 13.6. The van der Waals surface area contributed by atoms with E-state index in [1.165, 1.54) is 4.90 Å². The first kappa shape index (κ1) is 20.2. The highest BCUT2D eigenvalue weighted by molar-refractivity contribution is 6.00. The molecule has 156 valence electrons. The normalized spacial score (nSPS) is 13.2. The number of aromatic amines is 1. The molecule has 4 rings (SSSR count). The molecule has 3 N–H and O–H groups in total. The Hall–Kier alpha value is -4.04. The van der Waals surface area contributed by atoms with Gasteiger partial charge in [0.1, 0.15) is 12.4 Å². The second-order valence-electron chi connectivity index (χ2n) is 7.11. The molecule has 0 unspecified atom stereocenters. The quantitative estimate of drug-likeness (QED) is 0.604. The summed E-state index contributed by atoms with van der Waals surface area (Å²) >= 11 is 0. The number of carbonyl (C=O) groups excluding carboxylic acids is 1. The number of aliphatic hydroxyl groups is 1. The number of rotatable bonds is 4. The minimum absolute atomic E-state index is 0.128. The number of benzene rings is 2. The molecule has 2 heterocycles. The van der Waals surface area contributed by atoms with Crippen LogP contribution in [-0.2, 0) is 0 Å². The summed E-state index contributed by atoms with van der Waals surface area (Å²) in [5.41, 5.74) is 3.45. The van der Waals surface area contributed by atoms with Gasteiger partial charge in [0.25, 0.3) is 5.91 Å². The van der Waals surface area contributed by atoms with Crippen molar-refractivity contribution < 1.29 is 15.0 Å². The maximum atomic E-state index is 12.8. The molecule has 0 spiro atoms. The van der Waals surface area contributed by atoms with Crippen LogP contribution in [0.25, 0.3) is 22.5 Å². The second-order valence-corrected chi connectivity index (χ2v) is 7.11. The average Bonchev–Trinajstić information content (AvgIpc) is 2.80. The molecule has 2 aromatic carbocycles. The van der Waals surface area contributed by atoms with Gasteiger partial charge in [0.05, 0.1) is 23.7 Å². The summed E-state index contributed by atoms with van der Waals surface area (Å²) in [4.78, 5) is 37.4. The molecule has 1 aliphatic rings. The number of aliphatic hydroxyl groups excluding tert-OH is 1. The SMILES string of the molecule is Cc1cc(-c2cc(-c3cccc(C(=O)N4C=CC(CO)=NC4)c3)nc(=O)[nH]2)ccc1O. The van der Waals surface area contributed by atoms with Crippen LogP contribution in [0, 0.1) is 6.92 Å². The van der Waals surface area contributed by atoms with Gasteiger partial charge in [-0.05, 0) is 60.5 Å². The lowest BCUT2D eigenvalue weighted by Crippen LogP contribution is -2.29. The smallest absolute Gasteiger partial charge is 0.345 e. The third-order valence-corrected chi connectivity index (χ3v) is 4.95. The third kappa shape index (κ3) is 4.29. The lowest BCUT2D eigenvalue weighted by Gasteiger charge is -2.20. The van der Waals surface area contributed by atoms with Crippen molar-refractivity contribution in [2.45, 2.75) is 6.92 Å². The van der Waals surface area contributed by atoms with Gasteiger partial charge in [-0.2, -0.15) is 4.98 Å². The van der Waals surface area contributed by atoms with Gasteiger partial charge < -0.3 is 15.2 Å². The van der Waals surface area contributed by atoms with Crippen LogP contribution in [0.2, 0.25) is 0 Å². The number of aromatic nitrogens is 2. The van der Waals surface area contributed by atoms with E-state index in [0.717, 1.165) is 5.56 Å². The lowest BCUT2D eigenvalue weighted by molar-refractivity contribution is 0.0824. The van der Waals surface area contributed by atoms with Crippen molar-refractivity contribution in [1.29, 1.82) is 0 Å². The number of H-pyrrole nitrogens is 1. The summed E-state index contributed by atoms with van der Waals surface area (Å²) in [7, 11) is 0. The Morgan fingerprint density at radius 2 is 2.00 bits per heavy atom. The molecule has 31 heavy (non-hydrogen) atoms. The lowest BCUT2D eigenvalue weighted by atomic mass is 10.0. The summed E-state index contributed by atoms with van der Waals surface area (Å²) in [6.45, 7) is 1.73. The zero-order valence-electron chi connectivity index (χ0n) is 16.7. The number of phenols is 1. The Kier molecular flexibility index (Phi) is 5.46. The highest BCUT2D eigenvalue weighted by Gasteiger charge is 2.17. The fourth-order valence-electron chi connectivity index (χ4n) is 3.24. The Bertz CT molecular complexity index is 1280. The second kappa shape index (κ2) is 8.37. The molecule has 0 saturated heterocycles. The first-order chi connectivity index (χ1) is 14.9. The number of aryl methyl sites for hydroxylation is 1. The van der Waals surface area contributed by atoms with Gasteiger partial charge in [0, 0.05) is 17.3 Å². The van der Waals surface area contributed by atoms with Crippen LogP contribution < -0.4 is 5.69 Å². The summed E-state index contributed by atoms with van der Waals surface area (Å²) in [5.74, 6) is -0.0770. The van der Waals surface area contributed by atoms with Crippen LogP contribution in [0.4, 0.5) is 0 Å². The number of aromatic hydroxyl groups is 1. The molecule has 8 heteroatoms. The monoisotopic (exact) mass is 416 g/mol. The third-order valence-electron chi connectivity index (χ3n) is 4.95. The zero-order chi connectivity index (χ0) is 22.0. The number of carbonyl (C=O) groups is 1. The molecule has 0 aliphatic carbocycles. The van der Waals surface area contributed by atoms with Gasteiger partial charge in [-0.15, -0.1) is 0 Å². The van der Waals surface area contributed by atoms with Crippen LogP contribution >= 0.6 is 0 Å². The molecule has 3 aromatic rings. The molecule has 0 fully saturated rings. The van der Waals surface area contributed by atoms with Crippen molar-refractivity contribution in [3.05, 3.63) is 82.4 Å². The fourth-order valence-corrected chi connectivity index (χ4v) is 3.24.